The van der Waals surface area contributed by atoms with Gasteiger partial charge >= 0.3 is 0 Å². The Hall–Kier alpha value is -7.89. The molecule has 0 N–H and O–H groups in total. The monoisotopic (exact) mass is 740 g/mol. The van der Waals surface area contributed by atoms with Gasteiger partial charge < -0.3 is 8.98 Å². The van der Waals surface area contributed by atoms with Gasteiger partial charge in [-0.05, 0) is 52.2 Å². The second-order valence-corrected chi connectivity index (χ2v) is 14.8. The highest BCUT2D eigenvalue weighted by Crippen LogP contribution is 2.47. The maximum absolute atomic E-state index is 6.81. The first kappa shape index (κ1) is 32.4. The molecule has 0 amide bonds. The van der Waals surface area contributed by atoms with Crippen LogP contribution in [0.5, 0.6) is 0 Å². The lowest BCUT2D eigenvalue weighted by Gasteiger charge is -2.13. The lowest BCUT2D eigenvalue weighted by atomic mass is 9.99. The van der Waals surface area contributed by atoms with Crippen LogP contribution in [0.4, 0.5) is 0 Å². The summed E-state index contributed by atoms with van der Waals surface area (Å²) in [6, 6.07) is 67.8. The van der Waals surface area contributed by atoms with Crippen LogP contribution in [0.25, 0.3) is 116 Å². The molecule has 0 saturated heterocycles. The second-order valence-electron chi connectivity index (χ2n) is 14.8. The number of aromatic nitrogens is 4. The predicted octanol–water partition coefficient (Wildman–Crippen LogP) is 13.8. The van der Waals surface area contributed by atoms with Crippen LogP contribution < -0.4 is 0 Å². The smallest absolute Gasteiger partial charge is 0.164 e. The highest BCUT2D eigenvalue weighted by atomic mass is 16.3. The lowest BCUT2D eigenvalue weighted by Crippen LogP contribution is -2.01. The first-order valence-electron chi connectivity index (χ1n) is 19.5. The Morgan fingerprint density at radius 1 is 0.328 bits per heavy atom. The van der Waals surface area contributed by atoms with E-state index in [-0.39, 0.29) is 0 Å². The van der Waals surface area contributed by atoms with Gasteiger partial charge in [0.05, 0.1) is 16.4 Å². The van der Waals surface area contributed by atoms with E-state index in [4.69, 9.17) is 19.4 Å². The van der Waals surface area contributed by atoms with Crippen LogP contribution in [0.1, 0.15) is 0 Å². The van der Waals surface area contributed by atoms with E-state index in [9.17, 15) is 0 Å². The summed E-state index contributed by atoms with van der Waals surface area (Å²) >= 11 is 0. The van der Waals surface area contributed by atoms with Crippen molar-refractivity contribution in [3.8, 4) is 51.0 Å². The van der Waals surface area contributed by atoms with Crippen LogP contribution in [0.3, 0.4) is 0 Å². The van der Waals surface area contributed by atoms with E-state index in [1.807, 2.05) is 42.5 Å². The minimum Gasteiger partial charge on any atom is -0.455 e. The molecule has 12 rings (SSSR count). The molecule has 3 aromatic heterocycles. The number of hydrogen-bond acceptors (Lipinski definition) is 4. The number of hydrogen-bond donors (Lipinski definition) is 0. The van der Waals surface area contributed by atoms with Crippen molar-refractivity contribution < 1.29 is 4.42 Å². The fourth-order valence-corrected chi connectivity index (χ4v) is 8.74. The van der Waals surface area contributed by atoms with Gasteiger partial charge in [0.15, 0.2) is 17.5 Å². The molecule has 0 saturated carbocycles. The van der Waals surface area contributed by atoms with Gasteiger partial charge in [0, 0.05) is 49.3 Å². The predicted molar refractivity (Wildman–Crippen MR) is 238 cm³/mol. The summed E-state index contributed by atoms with van der Waals surface area (Å²) < 4.78 is 9.23. The van der Waals surface area contributed by atoms with Gasteiger partial charge in [-0.2, -0.15) is 0 Å². The highest BCUT2D eigenvalue weighted by Gasteiger charge is 2.24. The van der Waals surface area contributed by atoms with Crippen LogP contribution in [0, 0.1) is 0 Å². The van der Waals surface area contributed by atoms with Crippen molar-refractivity contribution in [2.75, 3.05) is 0 Å². The zero-order valence-corrected chi connectivity index (χ0v) is 31.2. The molecule has 0 aliphatic rings. The molecule has 9 aromatic carbocycles. The molecule has 0 radical (unpaired) electrons. The van der Waals surface area contributed by atoms with Gasteiger partial charge in [-0.3, -0.25) is 0 Å². The first-order chi connectivity index (χ1) is 28.8. The van der Waals surface area contributed by atoms with Gasteiger partial charge in [-0.1, -0.05) is 164 Å². The SMILES string of the molecule is c1ccc(-c2ccc(-c3nc(-c4ccccc4)nc(-c4ccc(-n5c6c7ccccc7ccc6c6c7oc8ccccc8c7c7ccccc7c65)cc4)n3)cc2)cc1. The fraction of sp³-hybridized carbons (Fsp3) is 0. The molecule has 5 heteroatoms. The van der Waals surface area contributed by atoms with Crippen LogP contribution >= 0.6 is 0 Å². The molecule has 0 fully saturated rings. The van der Waals surface area contributed by atoms with Crippen molar-refractivity contribution in [3.05, 3.63) is 194 Å². The van der Waals surface area contributed by atoms with Crippen LogP contribution in [0.15, 0.2) is 199 Å². The highest BCUT2D eigenvalue weighted by molar-refractivity contribution is 6.36. The zero-order valence-electron chi connectivity index (χ0n) is 31.2. The number of benzene rings is 9. The van der Waals surface area contributed by atoms with Crippen molar-refractivity contribution >= 4 is 65.3 Å². The quantitative estimate of drug-likeness (QED) is 0.176. The lowest BCUT2D eigenvalue weighted by molar-refractivity contribution is 0.673. The van der Waals surface area contributed by atoms with E-state index in [0.29, 0.717) is 17.5 Å². The number of furan rings is 1. The third-order valence-corrected chi connectivity index (χ3v) is 11.4. The Morgan fingerprint density at radius 2 is 0.828 bits per heavy atom. The summed E-state index contributed by atoms with van der Waals surface area (Å²) in [5.41, 5.74) is 10.2. The van der Waals surface area contributed by atoms with Gasteiger partial charge in [0.25, 0.3) is 0 Å². The van der Waals surface area contributed by atoms with Crippen molar-refractivity contribution in [3.63, 3.8) is 0 Å². The Bertz CT molecular complexity index is 3530. The molecule has 0 unspecified atom stereocenters. The van der Waals surface area contributed by atoms with E-state index in [1.54, 1.807) is 0 Å². The Labute approximate surface area is 333 Å². The third kappa shape index (κ3) is 5.00. The molecule has 3 heterocycles. The van der Waals surface area contributed by atoms with Gasteiger partial charge in [0.2, 0.25) is 0 Å². The van der Waals surface area contributed by atoms with Crippen molar-refractivity contribution in [2.24, 2.45) is 0 Å². The molecule has 0 spiro atoms. The topological polar surface area (TPSA) is 56.7 Å². The molecule has 0 aliphatic heterocycles. The van der Waals surface area contributed by atoms with Gasteiger partial charge in [-0.15, -0.1) is 0 Å². The number of para-hydroxylation sites is 1. The second kappa shape index (κ2) is 12.8. The average molecular weight is 741 g/mol. The van der Waals surface area contributed by atoms with Crippen LogP contribution in [0.2, 0.25) is 0 Å². The molecular formula is C53H32N4O. The van der Waals surface area contributed by atoms with E-state index >= 15 is 0 Å². The molecule has 0 atom stereocenters. The van der Waals surface area contributed by atoms with Gasteiger partial charge in [0.1, 0.15) is 11.2 Å². The summed E-state index contributed by atoms with van der Waals surface area (Å²) in [5.74, 6) is 1.87. The van der Waals surface area contributed by atoms with E-state index < -0.39 is 0 Å². The zero-order chi connectivity index (χ0) is 38.2. The van der Waals surface area contributed by atoms with E-state index in [2.05, 4.69) is 156 Å². The number of rotatable bonds is 5. The molecule has 5 nitrogen and oxygen atoms in total. The number of fused-ring (bicyclic) bond motifs is 12. The standard InChI is InChI=1S/C53H32N4O/c1-3-13-33(14-4-1)34-23-25-37(26-24-34)52-54-51(36-16-5-2-6-17-36)55-53(56-52)38-27-30-39(31-28-38)57-48-40-18-8-7-15-35(40)29-32-44(48)47-49(57)42-20-10-9-19-41(42)46-43-21-11-12-22-45(43)58-50(46)47/h1-32H. The number of nitrogens with zero attached hydrogens (tertiary/aromatic N) is 4. The van der Waals surface area contributed by atoms with Crippen molar-refractivity contribution in [1.29, 1.82) is 0 Å². The van der Waals surface area contributed by atoms with E-state index in [0.717, 1.165) is 71.7 Å². The summed E-state index contributed by atoms with van der Waals surface area (Å²) in [6.45, 7) is 0. The molecule has 58 heavy (non-hydrogen) atoms. The summed E-state index contributed by atoms with van der Waals surface area (Å²) in [5, 5.41) is 9.25. The molecular weight excluding hydrogens is 709 g/mol. The molecule has 0 bridgehead atoms. The minimum atomic E-state index is 0.615. The fourth-order valence-electron chi connectivity index (χ4n) is 8.74. The molecule has 12 aromatic rings. The maximum atomic E-state index is 6.81. The normalized spacial score (nSPS) is 11.8. The molecule has 0 aliphatic carbocycles. The molecule has 270 valence electrons. The Kier molecular flexibility index (Phi) is 7.16. The Morgan fingerprint density at radius 3 is 1.52 bits per heavy atom. The largest absolute Gasteiger partial charge is 0.455 e. The third-order valence-electron chi connectivity index (χ3n) is 11.4. The summed E-state index contributed by atoms with van der Waals surface area (Å²) in [6.07, 6.45) is 0. The minimum absolute atomic E-state index is 0.615. The maximum Gasteiger partial charge on any atom is 0.164 e. The summed E-state index contributed by atoms with van der Waals surface area (Å²) in [7, 11) is 0. The average Bonchev–Trinajstić information content (AvgIpc) is 3.87. The van der Waals surface area contributed by atoms with Crippen LogP contribution in [-0.2, 0) is 0 Å². The Balaban J connectivity index is 1.07. The van der Waals surface area contributed by atoms with E-state index in [1.165, 1.54) is 27.1 Å². The van der Waals surface area contributed by atoms with Gasteiger partial charge in [-0.25, -0.2) is 15.0 Å². The first-order valence-corrected chi connectivity index (χ1v) is 19.5. The summed E-state index contributed by atoms with van der Waals surface area (Å²) in [4.78, 5) is 15.1. The van der Waals surface area contributed by atoms with Crippen LogP contribution in [-0.4, -0.2) is 19.5 Å². The van der Waals surface area contributed by atoms with Crippen molar-refractivity contribution in [2.45, 2.75) is 0 Å². The van der Waals surface area contributed by atoms with Crippen molar-refractivity contribution in [1.82, 2.24) is 19.5 Å².